The predicted octanol–water partition coefficient (Wildman–Crippen LogP) is 2.39. The first-order valence-electron chi connectivity index (χ1n) is 5.35. The Balaban J connectivity index is 2.53. The average molecular weight is 318 g/mol. The number of rotatable bonds is 3. The van der Waals surface area contributed by atoms with E-state index in [4.69, 9.17) is 0 Å². The molecule has 0 bridgehead atoms. The van der Waals surface area contributed by atoms with E-state index in [9.17, 15) is 13.2 Å². The molecule has 0 aromatic heterocycles. The van der Waals surface area contributed by atoms with Gasteiger partial charge in [-0.2, -0.15) is 0 Å². The molecule has 2 rings (SSSR count). The molecule has 0 fully saturated rings. The zero-order chi connectivity index (χ0) is 12.6. The number of fused-ring (bicyclic) bond motifs is 1. The highest BCUT2D eigenvalue weighted by atomic mass is 79.9. The number of amides is 1. The van der Waals surface area contributed by atoms with Crippen LogP contribution in [0.2, 0.25) is 0 Å². The zero-order valence-electron chi connectivity index (χ0n) is 9.31. The average Bonchev–Trinajstić information content (AvgIpc) is 2.46. The van der Waals surface area contributed by atoms with E-state index in [-0.39, 0.29) is 17.0 Å². The minimum atomic E-state index is -3.64. The molecule has 6 heteroatoms. The largest absolute Gasteiger partial charge is 0.270 e. The molecule has 1 amide bonds. The lowest BCUT2D eigenvalue weighted by Gasteiger charge is -2.13. The van der Waals surface area contributed by atoms with Gasteiger partial charge in [0.2, 0.25) is 0 Å². The molecular formula is C11H12BrNO3S. The van der Waals surface area contributed by atoms with Gasteiger partial charge in [-0.25, -0.2) is 12.7 Å². The van der Waals surface area contributed by atoms with Gasteiger partial charge in [0.1, 0.15) is 4.90 Å². The van der Waals surface area contributed by atoms with Crippen molar-refractivity contribution in [3.63, 3.8) is 0 Å². The van der Waals surface area contributed by atoms with Crippen molar-refractivity contribution in [1.82, 2.24) is 4.31 Å². The molecule has 92 valence electrons. The molecule has 0 atom stereocenters. The fourth-order valence-corrected chi connectivity index (χ4v) is 4.09. The van der Waals surface area contributed by atoms with Crippen molar-refractivity contribution < 1.29 is 13.2 Å². The fraction of sp³-hybridized carbons (Fsp3) is 0.364. The summed E-state index contributed by atoms with van der Waals surface area (Å²) in [5.74, 6) is -0.430. The maximum absolute atomic E-state index is 12.1. The van der Waals surface area contributed by atoms with Crippen LogP contribution in [0.4, 0.5) is 0 Å². The normalized spacial score (nSPS) is 17.3. The third kappa shape index (κ3) is 1.89. The monoisotopic (exact) mass is 317 g/mol. The van der Waals surface area contributed by atoms with Crippen LogP contribution in [0.5, 0.6) is 0 Å². The van der Waals surface area contributed by atoms with Crippen LogP contribution < -0.4 is 0 Å². The number of unbranched alkanes of at least 4 members (excludes halogenated alkanes) is 1. The van der Waals surface area contributed by atoms with Crippen molar-refractivity contribution in [2.45, 2.75) is 24.7 Å². The van der Waals surface area contributed by atoms with Crippen LogP contribution >= 0.6 is 15.9 Å². The molecule has 1 aromatic rings. The third-order valence-electron chi connectivity index (χ3n) is 2.70. The molecule has 0 saturated heterocycles. The van der Waals surface area contributed by atoms with E-state index in [1.807, 2.05) is 6.92 Å². The SMILES string of the molecule is CCCCN1C(=O)c2c(Br)cccc2S1(=O)=O. The van der Waals surface area contributed by atoms with Crippen molar-refractivity contribution in [3.05, 3.63) is 28.2 Å². The summed E-state index contributed by atoms with van der Waals surface area (Å²) in [5.41, 5.74) is 0.253. The molecule has 17 heavy (non-hydrogen) atoms. The van der Waals surface area contributed by atoms with Crippen molar-refractivity contribution in [2.24, 2.45) is 0 Å². The molecule has 1 aliphatic rings. The second-order valence-electron chi connectivity index (χ2n) is 3.85. The molecule has 0 aliphatic carbocycles. The van der Waals surface area contributed by atoms with E-state index >= 15 is 0 Å². The van der Waals surface area contributed by atoms with Crippen LogP contribution in [0.25, 0.3) is 0 Å². The van der Waals surface area contributed by atoms with E-state index < -0.39 is 15.9 Å². The second kappa shape index (κ2) is 4.42. The summed E-state index contributed by atoms with van der Waals surface area (Å²) in [6, 6.07) is 4.77. The highest BCUT2D eigenvalue weighted by molar-refractivity contribution is 9.10. The van der Waals surface area contributed by atoms with E-state index in [1.165, 1.54) is 6.07 Å². The lowest BCUT2D eigenvalue weighted by atomic mass is 10.2. The van der Waals surface area contributed by atoms with Crippen LogP contribution in [-0.2, 0) is 10.0 Å². The van der Waals surface area contributed by atoms with E-state index in [2.05, 4.69) is 15.9 Å². The maximum atomic E-state index is 12.1. The van der Waals surface area contributed by atoms with Gasteiger partial charge in [-0.3, -0.25) is 4.79 Å². The Kier molecular flexibility index (Phi) is 3.27. The number of benzene rings is 1. The molecule has 0 unspecified atom stereocenters. The van der Waals surface area contributed by atoms with Crippen LogP contribution in [0.1, 0.15) is 30.1 Å². The predicted molar refractivity (Wildman–Crippen MR) is 67.3 cm³/mol. The minimum absolute atomic E-state index is 0.105. The molecule has 0 radical (unpaired) electrons. The number of hydrogen-bond donors (Lipinski definition) is 0. The lowest BCUT2D eigenvalue weighted by Crippen LogP contribution is -2.30. The van der Waals surface area contributed by atoms with Gasteiger partial charge in [0.05, 0.1) is 5.56 Å². The van der Waals surface area contributed by atoms with E-state index in [0.29, 0.717) is 10.9 Å². The summed E-state index contributed by atoms with van der Waals surface area (Å²) in [5, 5.41) is 0. The minimum Gasteiger partial charge on any atom is -0.268 e. The molecule has 1 heterocycles. The first kappa shape index (κ1) is 12.6. The smallest absolute Gasteiger partial charge is 0.268 e. The maximum Gasteiger partial charge on any atom is 0.270 e. The van der Waals surface area contributed by atoms with Crippen molar-refractivity contribution in [2.75, 3.05) is 6.54 Å². The number of carbonyl (C=O) groups excluding carboxylic acids is 1. The number of sulfonamides is 1. The van der Waals surface area contributed by atoms with Gasteiger partial charge in [-0.05, 0) is 34.5 Å². The fourth-order valence-electron chi connectivity index (χ4n) is 1.80. The molecule has 0 spiro atoms. The summed E-state index contributed by atoms with van der Waals surface area (Å²) < 4.78 is 25.8. The summed E-state index contributed by atoms with van der Waals surface area (Å²) in [6.45, 7) is 2.20. The molecule has 0 saturated carbocycles. The summed E-state index contributed by atoms with van der Waals surface area (Å²) in [4.78, 5) is 12.2. The Morgan fingerprint density at radius 3 is 2.65 bits per heavy atom. The molecule has 1 aliphatic heterocycles. The highest BCUT2D eigenvalue weighted by Crippen LogP contribution is 2.34. The van der Waals surface area contributed by atoms with Crippen LogP contribution in [0.3, 0.4) is 0 Å². The number of carbonyl (C=O) groups is 1. The number of hydrogen-bond acceptors (Lipinski definition) is 3. The Morgan fingerprint density at radius 1 is 1.35 bits per heavy atom. The van der Waals surface area contributed by atoms with E-state index in [1.54, 1.807) is 12.1 Å². The standard InChI is InChI=1S/C11H12BrNO3S/c1-2-3-7-13-11(14)10-8(12)5-4-6-9(10)17(13,15)16/h4-6H,2-3,7H2,1H3. The summed E-state index contributed by atoms with van der Waals surface area (Å²) >= 11 is 3.22. The number of nitrogens with zero attached hydrogens (tertiary/aromatic N) is 1. The highest BCUT2D eigenvalue weighted by Gasteiger charge is 2.41. The van der Waals surface area contributed by atoms with Crippen molar-refractivity contribution in [1.29, 1.82) is 0 Å². The molecular weight excluding hydrogens is 306 g/mol. The Labute approximate surface area is 109 Å². The van der Waals surface area contributed by atoms with Crippen LogP contribution in [0, 0.1) is 0 Å². The Bertz CT molecular complexity index is 568. The first-order valence-corrected chi connectivity index (χ1v) is 7.59. The Morgan fingerprint density at radius 2 is 2.06 bits per heavy atom. The van der Waals surface area contributed by atoms with Gasteiger partial charge in [-0.1, -0.05) is 19.4 Å². The summed E-state index contributed by atoms with van der Waals surface area (Å²) in [6.07, 6.45) is 1.52. The second-order valence-corrected chi connectivity index (χ2v) is 6.53. The van der Waals surface area contributed by atoms with Crippen molar-refractivity contribution in [3.8, 4) is 0 Å². The first-order chi connectivity index (χ1) is 8.00. The molecule has 4 nitrogen and oxygen atoms in total. The quantitative estimate of drug-likeness (QED) is 0.860. The Hall–Kier alpha value is -0.880. The van der Waals surface area contributed by atoms with Crippen LogP contribution in [-0.4, -0.2) is 25.2 Å². The lowest BCUT2D eigenvalue weighted by molar-refractivity contribution is 0.0869. The molecule has 0 N–H and O–H groups in total. The van der Waals surface area contributed by atoms with Gasteiger partial charge in [0.25, 0.3) is 15.9 Å². The topological polar surface area (TPSA) is 54.5 Å². The van der Waals surface area contributed by atoms with Crippen LogP contribution in [0.15, 0.2) is 27.6 Å². The number of halogens is 1. The van der Waals surface area contributed by atoms with Crippen molar-refractivity contribution >= 4 is 31.9 Å². The summed E-state index contributed by atoms with van der Waals surface area (Å²) in [7, 11) is -3.64. The van der Waals surface area contributed by atoms with E-state index in [0.717, 1.165) is 10.7 Å². The third-order valence-corrected chi connectivity index (χ3v) is 5.18. The molecule has 1 aromatic carbocycles. The van der Waals surface area contributed by atoms with Gasteiger partial charge in [0.15, 0.2) is 0 Å². The van der Waals surface area contributed by atoms with Gasteiger partial charge >= 0.3 is 0 Å². The van der Waals surface area contributed by atoms with Gasteiger partial charge in [0, 0.05) is 11.0 Å². The van der Waals surface area contributed by atoms with Gasteiger partial charge in [-0.15, -0.1) is 0 Å². The van der Waals surface area contributed by atoms with Gasteiger partial charge < -0.3 is 0 Å². The zero-order valence-corrected chi connectivity index (χ0v) is 11.7.